The third kappa shape index (κ3) is 11.8. The summed E-state index contributed by atoms with van der Waals surface area (Å²) in [5.74, 6) is -2.58. The van der Waals surface area contributed by atoms with Crippen molar-refractivity contribution in [3.05, 3.63) is 125 Å². The number of carbonyl (C=O) groups is 1. The Balaban J connectivity index is 0.000000804. The molecule has 0 spiro atoms. The summed E-state index contributed by atoms with van der Waals surface area (Å²) >= 11 is 0. The number of nitrogens with one attached hydrogen (secondary N) is 2. The molecule has 256 valence electrons. The quantitative estimate of drug-likeness (QED) is 0.0551. The van der Waals surface area contributed by atoms with Crippen LogP contribution in [0.25, 0.3) is 0 Å². The summed E-state index contributed by atoms with van der Waals surface area (Å²) in [7, 11) is -3.95. The Labute approximate surface area is 276 Å². The summed E-state index contributed by atoms with van der Waals surface area (Å²) in [6.07, 6.45) is -5.08. The molecule has 0 heterocycles. The maximum absolute atomic E-state index is 14.9. The Morgan fingerprint density at radius 3 is 1.65 bits per heavy atom. The normalized spacial score (nSPS) is 11.9. The van der Waals surface area contributed by atoms with Crippen molar-refractivity contribution in [3.8, 4) is 11.5 Å². The van der Waals surface area contributed by atoms with Crippen molar-refractivity contribution in [2.24, 2.45) is 5.73 Å². The van der Waals surface area contributed by atoms with Crippen LogP contribution in [0.1, 0.15) is 41.9 Å². The molecule has 0 bridgehead atoms. The first-order valence-corrected chi connectivity index (χ1v) is 16.3. The standard InChI is InChI=1S/C32H36N3O5P.C2HF3O2/c1-3-37-29-19-27(20-30(21-29)38-4-2)32(35-28-17-15-26(16-18-28)31(33)34)41(36,39-22-24-11-7-5-8-12-24)40-23-25-13-9-6-10-14-25;3-2(4,5)1(6)7/h5-21,32,35H,3-4,22-23H2,1-2H3,(H3,33,34);(H,6,7). The third-order valence-electron chi connectivity index (χ3n) is 6.41. The van der Waals surface area contributed by atoms with Crippen molar-refractivity contribution in [1.82, 2.24) is 0 Å². The lowest BCUT2D eigenvalue weighted by Gasteiger charge is -2.29. The first kappa shape index (κ1) is 37.6. The molecule has 0 aliphatic heterocycles. The van der Waals surface area contributed by atoms with E-state index < -0.39 is 25.5 Å². The van der Waals surface area contributed by atoms with Gasteiger partial charge in [0.2, 0.25) is 0 Å². The number of amidine groups is 1. The van der Waals surface area contributed by atoms with Crippen molar-refractivity contribution >= 4 is 25.1 Å². The smallest absolute Gasteiger partial charge is 0.490 e. The first-order valence-electron chi connectivity index (χ1n) is 14.7. The van der Waals surface area contributed by atoms with Crippen LogP contribution in [0.3, 0.4) is 0 Å². The number of rotatable bonds is 15. The number of benzene rings is 4. The van der Waals surface area contributed by atoms with Gasteiger partial charge >= 0.3 is 19.7 Å². The number of alkyl halides is 3. The van der Waals surface area contributed by atoms with Crippen LogP contribution in [0.2, 0.25) is 0 Å². The van der Waals surface area contributed by atoms with Gasteiger partial charge in [0.15, 0.2) is 5.78 Å². The topological polar surface area (TPSA) is 153 Å². The SMILES string of the molecule is CCOc1cc(OCC)cc(C(Nc2ccc(C(=N)N)cc2)P(=O)(OCc2ccccc2)OCc2ccccc2)c1.O=C(O)C(F)(F)F. The predicted octanol–water partition coefficient (Wildman–Crippen LogP) is 8.14. The van der Waals surface area contributed by atoms with Gasteiger partial charge < -0.3 is 34.7 Å². The molecule has 4 aromatic rings. The van der Waals surface area contributed by atoms with Crippen molar-refractivity contribution < 1.29 is 46.2 Å². The molecule has 0 amide bonds. The maximum atomic E-state index is 14.9. The van der Waals surface area contributed by atoms with E-state index in [1.54, 1.807) is 30.3 Å². The minimum atomic E-state index is -5.08. The van der Waals surface area contributed by atoms with E-state index in [2.05, 4.69) is 5.32 Å². The number of nitrogen functional groups attached to an aromatic ring is 1. The Kier molecular flexibility index (Phi) is 14.0. The van der Waals surface area contributed by atoms with Gasteiger partial charge in [-0.05, 0) is 66.9 Å². The molecule has 4 aromatic carbocycles. The van der Waals surface area contributed by atoms with Crippen LogP contribution in [0.4, 0.5) is 18.9 Å². The lowest BCUT2D eigenvalue weighted by atomic mass is 10.1. The fraction of sp³-hybridized carbons (Fsp3) is 0.235. The number of anilines is 1. The van der Waals surface area contributed by atoms with Gasteiger partial charge in [-0.1, -0.05) is 60.7 Å². The highest BCUT2D eigenvalue weighted by Gasteiger charge is 2.39. The van der Waals surface area contributed by atoms with Crippen molar-refractivity contribution in [3.63, 3.8) is 0 Å². The number of aliphatic carboxylic acids is 1. The van der Waals surface area contributed by atoms with E-state index in [-0.39, 0.29) is 19.0 Å². The fourth-order valence-electron chi connectivity index (χ4n) is 4.16. The average molecular weight is 688 g/mol. The Bertz CT molecular complexity index is 1590. The summed E-state index contributed by atoms with van der Waals surface area (Å²) in [6.45, 7) is 4.86. The molecular formula is C34H37F3N3O7P. The van der Waals surface area contributed by atoms with Gasteiger partial charge in [-0.3, -0.25) is 9.97 Å². The van der Waals surface area contributed by atoms with Gasteiger partial charge in [0.25, 0.3) is 0 Å². The Hall–Kier alpha value is -4.84. The van der Waals surface area contributed by atoms with E-state index in [4.69, 9.17) is 39.6 Å². The van der Waals surface area contributed by atoms with Gasteiger partial charge in [0.05, 0.1) is 26.4 Å². The number of halogens is 3. The van der Waals surface area contributed by atoms with Crippen LogP contribution in [0, 0.1) is 5.41 Å². The average Bonchev–Trinajstić information content (AvgIpc) is 3.06. The van der Waals surface area contributed by atoms with Crippen LogP contribution in [0.5, 0.6) is 11.5 Å². The van der Waals surface area contributed by atoms with Gasteiger partial charge in [0.1, 0.15) is 17.3 Å². The van der Waals surface area contributed by atoms with E-state index in [0.29, 0.717) is 41.5 Å². The van der Waals surface area contributed by atoms with Crippen LogP contribution in [-0.2, 0) is 31.6 Å². The first-order chi connectivity index (χ1) is 22.8. The highest BCUT2D eigenvalue weighted by atomic mass is 31.2. The molecule has 4 rings (SSSR count). The number of nitrogens with two attached hydrogens (primary N) is 1. The van der Waals surface area contributed by atoms with E-state index in [1.165, 1.54) is 0 Å². The second-order valence-corrected chi connectivity index (χ2v) is 12.1. The lowest BCUT2D eigenvalue weighted by Crippen LogP contribution is -2.21. The summed E-state index contributed by atoms with van der Waals surface area (Å²) in [6, 6.07) is 31.5. The zero-order valence-electron chi connectivity index (χ0n) is 26.3. The number of ether oxygens (including phenoxy) is 2. The molecular weight excluding hydrogens is 650 g/mol. The van der Waals surface area contributed by atoms with Gasteiger partial charge in [-0.2, -0.15) is 13.2 Å². The maximum Gasteiger partial charge on any atom is 0.490 e. The summed E-state index contributed by atoms with van der Waals surface area (Å²) < 4.78 is 70.8. The molecule has 48 heavy (non-hydrogen) atoms. The largest absolute Gasteiger partial charge is 0.494 e. The molecule has 0 aliphatic rings. The predicted molar refractivity (Wildman–Crippen MR) is 176 cm³/mol. The van der Waals surface area contributed by atoms with Gasteiger partial charge in [-0.25, -0.2) is 4.79 Å². The second-order valence-electron chi connectivity index (χ2n) is 10.0. The van der Waals surface area contributed by atoms with E-state index in [0.717, 1.165) is 11.1 Å². The van der Waals surface area contributed by atoms with Crippen molar-refractivity contribution in [2.45, 2.75) is 39.0 Å². The highest BCUT2D eigenvalue weighted by Crippen LogP contribution is 2.62. The van der Waals surface area contributed by atoms with Gasteiger partial charge in [-0.15, -0.1) is 0 Å². The summed E-state index contributed by atoms with van der Waals surface area (Å²) in [5.41, 5.74) is 9.21. The lowest BCUT2D eigenvalue weighted by molar-refractivity contribution is -0.192. The van der Waals surface area contributed by atoms with Gasteiger partial charge in [0, 0.05) is 17.3 Å². The number of hydrogen-bond donors (Lipinski definition) is 4. The van der Waals surface area contributed by atoms with Crippen LogP contribution in [0.15, 0.2) is 103 Å². The Morgan fingerprint density at radius 1 is 0.833 bits per heavy atom. The molecule has 0 fully saturated rings. The molecule has 14 heteroatoms. The molecule has 0 aromatic heterocycles. The summed E-state index contributed by atoms with van der Waals surface area (Å²) in [4.78, 5) is 8.90. The fourth-order valence-corrected chi connectivity index (χ4v) is 6.02. The zero-order chi connectivity index (χ0) is 35.2. The molecule has 1 unspecified atom stereocenters. The number of hydrogen-bond acceptors (Lipinski definition) is 8. The molecule has 10 nitrogen and oxygen atoms in total. The molecule has 0 saturated heterocycles. The van der Waals surface area contributed by atoms with Crippen molar-refractivity contribution in [2.75, 3.05) is 18.5 Å². The second kappa shape index (κ2) is 17.9. The van der Waals surface area contributed by atoms with Crippen LogP contribution >= 0.6 is 7.60 Å². The zero-order valence-corrected chi connectivity index (χ0v) is 27.2. The minimum absolute atomic E-state index is 0.0399. The van der Waals surface area contributed by atoms with Crippen LogP contribution < -0.4 is 20.5 Å². The van der Waals surface area contributed by atoms with E-state index >= 15 is 0 Å². The molecule has 0 aliphatic carbocycles. The molecule has 0 saturated carbocycles. The van der Waals surface area contributed by atoms with Crippen LogP contribution in [-0.4, -0.2) is 36.3 Å². The number of carboxylic acid groups (broad SMARTS) is 1. The summed E-state index contributed by atoms with van der Waals surface area (Å²) in [5, 5.41) is 18.2. The molecule has 5 N–H and O–H groups in total. The minimum Gasteiger partial charge on any atom is -0.494 e. The highest BCUT2D eigenvalue weighted by molar-refractivity contribution is 7.54. The number of carboxylic acids is 1. The molecule has 1 atom stereocenters. The molecule has 0 radical (unpaired) electrons. The van der Waals surface area contributed by atoms with Crippen molar-refractivity contribution in [1.29, 1.82) is 5.41 Å². The Morgan fingerprint density at radius 2 is 1.27 bits per heavy atom. The van der Waals surface area contributed by atoms with E-state index in [9.17, 15) is 17.7 Å². The van der Waals surface area contributed by atoms with E-state index in [1.807, 2.05) is 86.6 Å². The third-order valence-corrected chi connectivity index (χ3v) is 8.44. The monoisotopic (exact) mass is 687 g/mol.